The van der Waals surface area contributed by atoms with Crippen LogP contribution in [0.15, 0.2) is 12.1 Å². The van der Waals surface area contributed by atoms with Gasteiger partial charge in [-0.2, -0.15) is 0 Å². The average molecular weight is 287 g/mol. The van der Waals surface area contributed by atoms with Crippen LogP contribution in [0.4, 0.5) is 11.4 Å². The van der Waals surface area contributed by atoms with Gasteiger partial charge in [-0.3, -0.25) is 0 Å². The Morgan fingerprint density at radius 2 is 1.83 bits per heavy atom. The Morgan fingerprint density at radius 3 is 2.39 bits per heavy atom. The molecule has 1 aromatic rings. The largest absolute Gasteiger partial charge is 0.397 e. The van der Waals surface area contributed by atoms with Crippen molar-refractivity contribution < 1.29 is 0 Å². The molecule has 0 bridgehead atoms. The van der Waals surface area contributed by atoms with E-state index in [2.05, 4.69) is 25.7 Å². The third-order valence-corrected chi connectivity index (χ3v) is 4.55. The molecule has 2 rings (SSSR count). The number of hydrogen-bond donors (Lipinski definition) is 1. The van der Waals surface area contributed by atoms with Crippen LogP contribution in [0, 0.1) is 11.3 Å². The Morgan fingerprint density at radius 1 is 1.22 bits per heavy atom. The van der Waals surface area contributed by atoms with Crippen molar-refractivity contribution in [1.82, 2.24) is 0 Å². The van der Waals surface area contributed by atoms with Gasteiger partial charge in [-0.15, -0.1) is 0 Å². The van der Waals surface area contributed by atoms with Gasteiger partial charge >= 0.3 is 0 Å². The van der Waals surface area contributed by atoms with Gasteiger partial charge in [0.2, 0.25) is 0 Å². The number of anilines is 2. The highest BCUT2D eigenvalue weighted by Gasteiger charge is 2.32. The van der Waals surface area contributed by atoms with E-state index >= 15 is 0 Å². The lowest BCUT2D eigenvalue weighted by Gasteiger charge is -2.28. The van der Waals surface area contributed by atoms with E-state index < -0.39 is 0 Å². The minimum absolute atomic E-state index is 0.333. The molecule has 0 aromatic heterocycles. The third kappa shape index (κ3) is 2.70. The quantitative estimate of drug-likeness (QED) is 0.773. The van der Waals surface area contributed by atoms with Crippen LogP contribution >= 0.6 is 23.2 Å². The predicted molar refractivity (Wildman–Crippen MR) is 80.6 cm³/mol. The number of halogens is 2. The first-order valence-corrected chi connectivity index (χ1v) is 7.04. The van der Waals surface area contributed by atoms with E-state index in [9.17, 15) is 0 Å². The van der Waals surface area contributed by atoms with E-state index in [1.165, 1.54) is 6.42 Å². The van der Waals surface area contributed by atoms with Crippen LogP contribution in [0.25, 0.3) is 0 Å². The number of benzene rings is 1. The highest BCUT2D eigenvalue weighted by molar-refractivity contribution is 6.42. The van der Waals surface area contributed by atoms with Crippen molar-refractivity contribution in [1.29, 1.82) is 0 Å². The number of nitrogen functional groups attached to an aromatic ring is 1. The van der Waals surface area contributed by atoms with Crippen molar-refractivity contribution in [2.45, 2.75) is 27.2 Å². The maximum atomic E-state index is 6.08. The van der Waals surface area contributed by atoms with Gasteiger partial charge in [0, 0.05) is 13.1 Å². The molecule has 1 aliphatic rings. The zero-order valence-corrected chi connectivity index (χ0v) is 12.6. The summed E-state index contributed by atoms with van der Waals surface area (Å²) < 4.78 is 0. The molecular weight excluding hydrogens is 267 g/mol. The molecule has 1 atom stereocenters. The van der Waals surface area contributed by atoms with Crippen LogP contribution in [0.3, 0.4) is 0 Å². The molecule has 100 valence electrons. The molecule has 1 unspecified atom stereocenters. The highest BCUT2D eigenvalue weighted by Crippen LogP contribution is 2.39. The van der Waals surface area contributed by atoms with Crippen LogP contribution in [0.2, 0.25) is 10.0 Å². The van der Waals surface area contributed by atoms with Crippen molar-refractivity contribution in [3.8, 4) is 0 Å². The van der Waals surface area contributed by atoms with E-state index in [-0.39, 0.29) is 0 Å². The summed E-state index contributed by atoms with van der Waals surface area (Å²) in [5, 5.41) is 1.09. The Labute approximate surface area is 119 Å². The van der Waals surface area contributed by atoms with Gasteiger partial charge in [0.15, 0.2) is 0 Å². The van der Waals surface area contributed by atoms with Gasteiger partial charge in [-0.1, -0.05) is 44.0 Å². The molecule has 0 radical (unpaired) electrons. The number of hydrogen-bond acceptors (Lipinski definition) is 2. The smallest absolute Gasteiger partial charge is 0.0616 e. The first-order valence-electron chi connectivity index (χ1n) is 6.28. The summed E-state index contributed by atoms with van der Waals surface area (Å²) in [5.41, 5.74) is 8.09. The number of nitrogens with two attached hydrogens (primary N) is 1. The van der Waals surface area contributed by atoms with Crippen molar-refractivity contribution in [3.63, 3.8) is 0 Å². The number of nitrogens with zero attached hydrogens (tertiary/aromatic N) is 1. The van der Waals surface area contributed by atoms with Crippen molar-refractivity contribution >= 4 is 34.6 Å². The fraction of sp³-hybridized carbons (Fsp3) is 0.571. The highest BCUT2D eigenvalue weighted by atomic mass is 35.5. The molecule has 0 saturated carbocycles. The molecule has 2 N–H and O–H groups in total. The summed E-state index contributed by atoms with van der Waals surface area (Å²) >= 11 is 12.0. The monoisotopic (exact) mass is 286 g/mol. The zero-order chi connectivity index (χ0) is 13.5. The van der Waals surface area contributed by atoms with Crippen LogP contribution in [-0.4, -0.2) is 13.1 Å². The summed E-state index contributed by atoms with van der Waals surface area (Å²) in [4.78, 5) is 2.31. The summed E-state index contributed by atoms with van der Waals surface area (Å²) in [6, 6.07) is 3.62. The second kappa shape index (κ2) is 4.82. The first kappa shape index (κ1) is 13.8. The lowest BCUT2D eigenvalue weighted by Crippen LogP contribution is -2.26. The molecule has 4 heteroatoms. The lowest BCUT2D eigenvalue weighted by molar-refractivity contribution is 0.263. The summed E-state index contributed by atoms with van der Waals surface area (Å²) in [5.74, 6) is 0.686. The second-order valence-corrected chi connectivity index (χ2v) is 6.94. The first-order chi connectivity index (χ1) is 8.29. The van der Waals surface area contributed by atoms with Gasteiger partial charge in [0.25, 0.3) is 0 Å². The molecule has 18 heavy (non-hydrogen) atoms. The summed E-state index contributed by atoms with van der Waals surface area (Å²) in [6.45, 7) is 8.94. The third-order valence-electron chi connectivity index (χ3n) is 3.82. The summed E-state index contributed by atoms with van der Waals surface area (Å²) in [7, 11) is 0. The van der Waals surface area contributed by atoms with Crippen LogP contribution < -0.4 is 10.6 Å². The van der Waals surface area contributed by atoms with E-state index in [0.29, 0.717) is 27.1 Å². The van der Waals surface area contributed by atoms with E-state index in [1.54, 1.807) is 6.07 Å². The molecule has 0 spiro atoms. The molecule has 1 fully saturated rings. The Balaban J connectivity index is 2.22. The lowest BCUT2D eigenvalue weighted by atomic mass is 9.80. The van der Waals surface area contributed by atoms with Crippen LogP contribution in [0.5, 0.6) is 0 Å². The molecule has 0 amide bonds. The maximum absolute atomic E-state index is 6.08. The molecule has 1 aromatic carbocycles. The van der Waals surface area contributed by atoms with Gasteiger partial charge < -0.3 is 10.6 Å². The van der Waals surface area contributed by atoms with Crippen molar-refractivity contribution in [3.05, 3.63) is 22.2 Å². The normalized spacial score (nSPS) is 20.5. The van der Waals surface area contributed by atoms with Gasteiger partial charge in [-0.25, -0.2) is 0 Å². The Kier molecular flexibility index (Phi) is 3.70. The van der Waals surface area contributed by atoms with E-state index in [4.69, 9.17) is 28.9 Å². The minimum Gasteiger partial charge on any atom is -0.397 e. The molecule has 1 heterocycles. The molecule has 2 nitrogen and oxygen atoms in total. The van der Waals surface area contributed by atoms with Crippen LogP contribution in [-0.2, 0) is 0 Å². The fourth-order valence-electron chi connectivity index (χ4n) is 2.51. The zero-order valence-electron chi connectivity index (χ0n) is 11.1. The van der Waals surface area contributed by atoms with Gasteiger partial charge in [-0.05, 0) is 29.9 Å². The average Bonchev–Trinajstić information content (AvgIpc) is 2.72. The molecule has 1 aliphatic heterocycles. The topological polar surface area (TPSA) is 29.3 Å². The van der Waals surface area contributed by atoms with Crippen molar-refractivity contribution in [2.75, 3.05) is 23.7 Å². The summed E-state index contributed by atoms with van der Waals surface area (Å²) in [6.07, 6.45) is 1.20. The Hall–Kier alpha value is -0.600. The van der Waals surface area contributed by atoms with E-state index in [1.807, 2.05) is 6.07 Å². The van der Waals surface area contributed by atoms with Crippen LogP contribution in [0.1, 0.15) is 27.2 Å². The predicted octanol–water partition coefficient (Wildman–Crippen LogP) is 4.45. The minimum atomic E-state index is 0.333. The number of rotatable bonds is 1. The Bertz CT molecular complexity index is 452. The molecule has 1 saturated heterocycles. The fourth-order valence-corrected chi connectivity index (χ4v) is 2.84. The SMILES string of the molecule is CC(C)(C)C1CCN(c2cc(Cl)c(Cl)cc2N)C1. The van der Waals surface area contributed by atoms with E-state index in [0.717, 1.165) is 18.8 Å². The van der Waals surface area contributed by atoms with Gasteiger partial charge in [0.05, 0.1) is 21.4 Å². The standard InChI is InChI=1S/C14H20Cl2N2/c1-14(2,3)9-4-5-18(8-9)13-7-11(16)10(15)6-12(13)17/h6-7,9H,4-5,8,17H2,1-3H3. The maximum Gasteiger partial charge on any atom is 0.0616 e. The molecular formula is C14H20Cl2N2. The van der Waals surface area contributed by atoms with Gasteiger partial charge in [0.1, 0.15) is 0 Å². The molecule has 0 aliphatic carbocycles. The van der Waals surface area contributed by atoms with Crippen molar-refractivity contribution in [2.24, 2.45) is 11.3 Å². The second-order valence-electron chi connectivity index (χ2n) is 6.12.